The predicted octanol–water partition coefficient (Wildman–Crippen LogP) is 3.83. The van der Waals surface area contributed by atoms with Crippen LogP contribution in [0.2, 0.25) is 0 Å². The van der Waals surface area contributed by atoms with E-state index in [0.717, 1.165) is 45.0 Å². The highest BCUT2D eigenvalue weighted by atomic mass is 16.2. The summed E-state index contributed by atoms with van der Waals surface area (Å²) in [5.74, 6) is 0.179. The second kappa shape index (κ2) is 9.21. The van der Waals surface area contributed by atoms with Gasteiger partial charge in [-0.2, -0.15) is 0 Å². The van der Waals surface area contributed by atoms with E-state index in [0.29, 0.717) is 0 Å². The van der Waals surface area contributed by atoms with Crippen molar-refractivity contribution >= 4 is 23.0 Å². The van der Waals surface area contributed by atoms with Crippen molar-refractivity contribution in [3.8, 4) is 0 Å². The molecule has 0 spiro atoms. The molecule has 0 saturated carbocycles. The van der Waals surface area contributed by atoms with Gasteiger partial charge in [0.15, 0.2) is 0 Å². The number of piperidine rings is 1. The third-order valence-electron chi connectivity index (χ3n) is 6.05. The van der Waals surface area contributed by atoms with Crippen LogP contribution < -0.4 is 15.1 Å². The summed E-state index contributed by atoms with van der Waals surface area (Å²) in [4.78, 5) is 19.7. The van der Waals surface area contributed by atoms with Crippen molar-refractivity contribution in [3.63, 3.8) is 0 Å². The second-order valence-corrected chi connectivity index (χ2v) is 8.11. The van der Waals surface area contributed by atoms with Crippen LogP contribution in [0.1, 0.15) is 26.2 Å². The van der Waals surface area contributed by atoms with Crippen LogP contribution in [0.25, 0.3) is 0 Å². The first-order chi connectivity index (χ1) is 14.2. The number of nitrogens with one attached hydrogen (secondary N) is 1. The maximum absolute atomic E-state index is 12.9. The van der Waals surface area contributed by atoms with E-state index in [2.05, 4.69) is 63.6 Å². The Morgan fingerprint density at radius 3 is 2.00 bits per heavy atom. The fourth-order valence-electron chi connectivity index (χ4n) is 4.33. The minimum Gasteiger partial charge on any atom is -0.374 e. The Balaban J connectivity index is 1.28. The summed E-state index contributed by atoms with van der Waals surface area (Å²) in [6, 6.07) is 18.7. The first kappa shape index (κ1) is 19.6. The molecule has 0 bridgehead atoms. The molecule has 1 N–H and O–H groups in total. The Bertz CT molecular complexity index is 778. The summed E-state index contributed by atoms with van der Waals surface area (Å²) >= 11 is 0. The molecule has 2 heterocycles. The van der Waals surface area contributed by atoms with Crippen LogP contribution in [0.5, 0.6) is 0 Å². The smallest absolute Gasteiger partial charge is 0.244 e. The van der Waals surface area contributed by atoms with Crippen molar-refractivity contribution in [2.45, 2.75) is 32.2 Å². The minimum atomic E-state index is -0.223. The number of rotatable bonds is 5. The third kappa shape index (κ3) is 4.84. The van der Waals surface area contributed by atoms with Gasteiger partial charge in [0, 0.05) is 56.3 Å². The van der Waals surface area contributed by atoms with Crippen LogP contribution in [0.4, 0.5) is 17.1 Å². The van der Waals surface area contributed by atoms with Gasteiger partial charge < -0.3 is 20.0 Å². The van der Waals surface area contributed by atoms with Gasteiger partial charge in [-0.3, -0.25) is 4.79 Å². The van der Waals surface area contributed by atoms with Crippen molar-refractivity contribution in [3.05, 3.63) is 54.6 Å². The maximum atomic E-state index is 12.9. The number of anilines is 3. The number of para-hydroxylation sites is 1. The molecule has 1 atom stereocenters. The number of carbonyl (C=O) groups excluding carboxylic acids is 1. The molecule has 154 valence electrons. The Kier molecular flexibility index (Phi) is 6.23. The minimum absolute atomic E-state index is 0.179. The van der Waals surface area contributed by atoms with E-state index < -0.39 is 0 Å². The molecule has 2 aromatic carbocycles. The Morgan fingerprint density at radius 2 is 1.34 bits per heavy atom. The van der Waals surface area contributed by atoms with Crippen molar-refractivity contribution in [1.82, 2.24) is 4.90 Å². The molecule has 2 fully saturated rings. The zero-order valence-electron chi connectivity index (χ0n) is 17.4. The average Bonchev–Trinajstić information content (AvgIpc) is 2.80. The average molecular weight is 393 g/mol. The third-order valence-corrected chi connectivity index (χ3v) is 6.05. The molecule has 5 nitrogen and oxygen atoms in total. The maximum Gasteiger partial charge on any atom is 0.244 e. The van der Waals surface area contributed by atoms with Crippen LogP contribution in [0.15, 0.2) is 54.6 Å². The van der Waals surface area contributed by atoms with Gasteiger partial charge in [-0.1, -0.05) is 18.2 Å². The van der Waals surface area contributed by atoms with Crippen LogP contribution in [0.3, 0.4) is 0 Å². The molecular formula is C24H32N4O. The fraction of sp³-hybridized carbons (Fsp3) is 0.458. The monoisotopic (exact) mass is 392 g/mol. The van der Waals surface area contributed by atoms with Crippen molar-refractivity contribution in [2.24, 2.45) is 0 Å². The first-order valence-corrected chi connectivity index (χ1v) is 10.9. The van der Waals surface area contributed by atoms with Crippen molar-refractivity contribution in [1.29, 1.82) is 0 Å². The van der Waals surface area contributed by atoms with Crippen LogP contribution >= 0.6 is 0 Å². The van der Waals surface area contributed by atoms with Gasteiger partial charge in [-0.25, -0.2) is 0 Å². The Morgan fingerprint density at radius 1 is 0.759 bits per heavy atom. The summed E-state index contributed by atoms with van der Waals surface area (Å²) in [6.45, 7) is 7.57. The molecule has 4 rings (SSSR count). The molecule has 2 saturated heterocycles. The van der Waals surface area contributed by atoms with E-state index in [9.17, 15) is 4.79 Å². The quantitative estimate of drug-likeness (QED) is 0.839. The molecule has 5 heteroatoms. The van der Waals surface area contributed by atoms with Gasteiger partial charge in [-0.15, -0.1) is 0 Å². The zero-order valence-corrected chi connectivity index (χ0v) is 17.4. The van der Waals surface area contributed by atoms with E-state index in [-0.39, 0.29) is 11.9 Å². The number of nitrogens with zero attached hydrogens (tertiary/aromatic N) is 3. The summed E-state index contributed by atoms with van der Waals surface area (Å²) in [7, 11) is 0. The Hall–Kier alpha value is -2.69. The molecule has 0 aromatic heterocycles. The summed E-state index contributed by atoms with van der Waals surface area (Å²) in [6.07, 6.45) is 3.90. The molecular weight excluding hydrogens is 360 g/mol. The lowest BCUT2D eigenvalue weighted by Crippen LogP contribution is -2.52. The number of amides is 1. The predicted molar refractivity (Wildman–Crippen MR) is 121 cm³/mol. The van der Waals surface area contributed by atoms with Gasteiger partial charge in [0.05, 0.1) is 0 Å². The largest absolute Gasteiger partial charge is 0.374 e. The molecule has 0 aliphatic carbocycles. The van der Waals surface area contributed by atoms with E-state index in [1.54, 1.807) is 0 Å². The summed E-state index contributed by atoms with van der Waals surface area (Å²) in [5.41, 5.74) is 3.53. The molecule has 29 heavy (non-hydrogen) atoms. The molecule has 2 aliphatic heterocycles. The standard InChI is InChI=1S/C24H32N4O/c1-20(25-21-10-12-23(13-11-21)26-14-6-3-7-15-26)24(29)28-18-16-27(17-19-28)22-8-4-2-5-9-22/h2,4-5,8-13,20,25H,3,6-7,14-19H2,1H3. The first-order valence-electron chi connectivity index (χ1n) is 10.9. The molecule has 2 aliphatic rings. The number of hydrogen-bond acceptors (Lipinski definition) is 4. The highest BCUT2D eigenvalue weighted by Crippen LogP contribution is 2.22. The SMILES string of the molecule is CC(Nc1ccc(N2CCCCC2)cc1)C(=O)N1CCN(c2ccccc2)CC1. The van der Waals surface area contributed by atoms with Crippen molar-refractivity contribution < 1.29 is 4.79 Å². The van der Waals surface area contributed by atoms with E-state index in [4.69, 9.17) is 0 Å². The number of piperazine rings is 1. The normalized spacial score (nSPS) is 18.4. The van der Waals surface area contributed by atoms with Gasteiger partial charge in [0.1, 0.15) is 6.04 Å². The highest BCUT2D eigenvalue weighted by molar-refractivity contribution is 5.84. The number of hydrogen-bond donors (Lipinski definition) is 1. The molecule has 1 unspecified atom stereocenters. The van der Waals surface area contributed by atoms with Gasteiger partial charge in [0.2, 0.25) is 5.91 Å². The number of benzene rings is 2. The summed E-state index contributed by atoms with van der Waals surface area (Å²) < 4.78 is 0. The lowest BCUT2D eigenvalue weighted by atomic mass is 10.1. The van der Waals surface area contributed by atoms with E-state index in [1.807, 2.05) is 17.9 Å². The van der Waals surface area contributed by atoms with Gasteiger partial charge in [0.25, 0.3) is 0 Å². The zero-order chi connectivity index (χ0) is 20.1. The van der Waals surface area contributed by atoms with Gasteiger partial charge >= 0.3 is 0 Å². The lowest BCUT2D eigenvalue weighted by molar-refractivity contribution is -0.131. The van der Waals surface area contributed by atoms with Crippen LogP contribution in [0, 0.1) is 0 Å². The van der Waals surface area contributed by atoms with Gasteiger partial charge in [-0.05, 0) is 62.6 Å². The second-order valence-electron chi connectivity index (χ2n) is 8.11. The lowest BCUT2D eigenvalue weighted by Gasteiger charge is -2.37. The molecule has 2 aromatic rings. The van der Waals surface area contributed by atoms with E-state index in [1.165, 1.54) is 30.6 Å². The molecule has 0 radical (unpaired) electrons. The van der Waals surface area contributed by atoms with Crippen LogP contribution in [-0.4, -0.2) is 56.1 Å². The van der Waals surface area contributed by atoms with Crippen molar-refractivity contribution in [2.75, 3.05) is 54.4 Å². The highest BCUT2D eigenvalue weighted by Gasteiger charge is 2.25. The fourth-order valence-corrected chi connectivity index (χ4v) is 4.33. The summed E-state index contributed by atoms with van der Waals surface area (Å²) in [5, 5.41) is 3.39. The number of carbonyl (C=O) groups is 1. The topological polar surface area (TPSA) is 38.8 Å². The van der Waals surface area contributed by atoms with Crippen LogP contribution in [-0.2, 0) is 4.79 Å². The van der Waals surface area contributed by atoms with E-state index >= 15 is 0 Å². The Labute approximate surface area is 174 Å². The molecule has 1 amide bonds.